The number of amides is 1. The lowest BCUT2D eigenvalue weighted by molar-refractivity contribution is -0.384. The predicted octanol–water partition coefficient (Wildman–Crippen LogP) is 6.82. The standard InChI is InChI=1S/C32H36N4O6/c1-5-35-29-13-9-23(18-27(29)28-19-24(36(38)39)10-14-30(28)35)31(33-42-32(37)34-15-7-6-8-16-34)26-12-11-25(17-21(26)2)41-22(3)20-40-4/h9-14,17-19,22H,5-8,15-16,20H2,1-4H3/b33-31-. The van der Waals surface area contributed by atoms with Gasteiger partial charge in [0, 0.05) is 71.8 Å². The Kier molecular flexibility index (Phi) is 8.72. The van der Waals surface area contributed by atoms with Gasteiger partial charge in [-0.05, 0) is 82.0 Å². The normalized spacial score (nSPS) is 14.8. The number of non-ortho nitro benzene ring substituents is 1. The molecule has 0 bridgehead atoms. The summed E-state index contributed by atoms with van der Waals surface area (Å²) in [4.78, 5) is 31.3. The molecule has 1 fully saturated rings. The lowest BCUT2D eigenvalue weighted by Crippen LogP contribution is -2.35. The highest BCUT2D eigenvalue weighted by atomic mass is 16.7. The Bertz CT molecular complexity index is 1650. The minimum absolute atomic E-state index is 0.0292. The maximum atomic E-state index is 12.9. The molecule has 1 unspecified atom stereocenters. The third-order valence-corrected chi connectivity index (χ3v) is 7.67. The first kappa shape index (κ1) is 29.1. The summed E-state index contributed by atoms with van der Waals surface area (Å²) in [6, 6.07) is 16.5. The minimum atomic E-state index is -0.475. The average molecular weight is 573 g/mol. The Labute approximate surface area is 244 Å². The number of hydrogen-bond donors (Lipinski definition) is 0. The quantitative estimate of drug-likeness (QED) is 0.0942. The van der Waals surface area contributed by atoms with Crippen molar-refractivity contribution in [2.24, 2.45) is 5.16 Å². The third kappa shape index (κ3) is 5.94. The molecule has 0 spiro atoms. The van der Waals surface area contributed by atoms with Gasteiger partial charge in [-0.25, -0.2) is 4.79 Å². The molecular weight excluding hydrogens is 536 g/mol. The van der Waals surface area contributed by atoms with Crippen LogP contribution in [0.3, 0.4) is 0 Å². The molecule has 42 heavy (non-hydrogen) atoms. The zero-order chi connectivity index (χ0) is 29.8. The molecule has 4 aromatic rings. The van der Waals surface area contributed by atoms with E-state index in [9.17, 15) is 14.9 Å². The van der Waals surface area contributed by atoms with Crippen LogP contribution in [0.2, 0.25) is 0 Å². The Balaban J connectivity index is 1.61. The molecule has 0 N–H and O–H groups in total. The second kappa shape index (κ2) is 12.6. The van der Waals surface area contributed by atoms with Crippen LogP contribution in [0.5, 0.6) is 5.75 Å². The van der Waals surface area contributed by atoms with Gasteiger partial charge in [0.05, 0.1) is 11.5 Å². The molecule has 1 saturated heterocycles. The van der Waals surface area contributed by atoms with E-state index in [2.05, 4.69) is 9.72 Å². The zero-order valence-corrected chi connectivity index (χ0v) is 24.5. The number of oxime groups is 1. The Morgan fingerprint density at radius 3 is 2.40 bits per heavy atom. The van der Waals surface area contributed by atoms with E-state index in [-0.39, 0.29) is 16.7 Å². The van der Waals surface area contributed by atoms with Gasteiger partial charge in [0.1, 0.15) is 17.6 Å². The molecule has 10 nitrogen and oxygen atoms in total. The van der Waals surface area contributed by atoms with Crippen molar-refractivity contribution in [2.45, 2.75) is 52.7 Å². The number of aromatic nitrogens is 1. The molecule has 2 heterocycles. The number of aryl methyl sites for hydroxylation is 2. The Morgan fingerprint density at radius 1 is 1.02 bits per heavy atom. The highest BCUT2D eigenvalue weighted by molar-refractivity contribution is 6.17. The van der Waals surface area contributed by atoms with Crippen LogP contribution in [0.25, 0.3) is 21.8 Å². The molecule has 1 aliphatic heterocycles. The lowest BCUT2D eigenvalue weighted by Gasteiger charge is -2.24. The predicted molar refractivity (Wildman–Crippen MR) is 162 cm³/mol. The molecule has 3 aromatic carbocycles. The number of carbonyl (C=O) groups is 1. The van der Waals surface area contributed by atoms with E-state index >= 15 is 0 Å². The number of benzene rings is 3. The van der Waals surface area contributed by atoms with Gasteiger partial charge in [-0.15, -0.1) is 0 Å². The van der Waals surface area contributed by atoms with Gasteiger partial charge < -0.3 is 18.9 Å². The number of ether oxygens (including phenoxy) is 2. The van der Waals surface area contributed by atoms with Crippen LogP contribution < -0.4 is 4.74 Å². The third-order valence-electron chi connectivity index (χ3n) is 7.67. The minimum Gasteiger partial charge on any atom is -0.488 e. The summed E-state index contributed by atoms with van der Waals surface area (Å²) in [5.41, 5.74) is 4.76. The number of fused-ring (bicyclic) bond motifs is 3. The van der Waals surface area contributed by atoms with Gasteiger partial charge in [0.25, 0.3) is 5.69 Å². The molecule has 5 rings (SSSR count). The van der Waals surface area contributed by atoms with Crippen molar-refractivity contribution in [3.63, 3.8) is 0 Å². The van der Waals surface area contributed by atoms with Crippen LogP contribution in [-0.4, -0.2) is 59.1 Å². The summed E-state index contributed by atoms with van der Waals surface area (Å²) in [6.07, 6.45) is 2.38. The molecule has 220 valence electrons. The molecular formula is C32H36N4O6. The van der Waals surface area contributed by atoms with Gasteiger partial charge in [0.2, 0.25) is 0 Å². The summed E-state index contributed by atoms with van der Waals surface area (Å²) in [6.45, 7) is 8.39. The van der Waals surface area contributed by atoms with E-state index in [1.54, 1.807) is 24.1 Å². The van der Waals surface area contributed by atoms with Crippen molar-refractivity contribution in [3.8, 4) is 5.75 Å². The van der Waals surface area contributed by atoms with Crippen LogP contribution in [0, 0.1) is 17.0 Å². The SMILES string of the molecule is CCn1c2ccc(/C(=N/OC(=O)N3CCCCC3)c3ccc(OC(C)COC)cc3C)cc2c2cc([N+](=O)[O-])ccc21. The highest BCUT2D eigenvalue weighted by Crippen LogP contribution is 2.33. The Morgan fingerprint density at radius 2 is 1.74 bits per heavy atom. The largest absolute Gasteiger partial charge is 0.488 e. The maximum Gasteiger partial charge on any atom is 0.435 e. The fourth-order valence-electron chi connectivity index (χ4n) is 5.65. The van der Waals surface area contributed by atoms with E-state index < -0.39 is 6.09 Å². The van der Waals surface area contributed by atoms with Crippen molar-refractivity contribution < 1.29 is 24.0 Å². The molecule has 10 heteroatoms. The number of nitro benzene ring substituents is 1. The topological polar surface area (TPSA) is 108 Å². The van der Waals surface area contributed by atoms with Crippen molar-refractivity contribution in [1.82, 2.24) is 9.47 Å². The van der Waals surface area contributed by atoms with Crippen molar-refractivity contribution in [2.75, 3.05) is 26.8 Å². The number of nitrogens with zero attached hydrogens (tertiary/aromatic N) is 4. The van der Waals surface area contributed by atoms with Crippen LogP contribution in [-0.2, 0) is 16.1 Å². The fraction of sp³-hybridized carbons (Fsp3) is 0.375. The molecule has 0 saturated carbocycles. The van der Waals surface area contributed by atoms with Crippen molar-refractivity contribution in [3.05, 3.63) is 81.4 Å². The van der Waals surface area contributed by atoms with Crippen LogP contribution in [0.15, 0.2) is 59.8 Å². The maximum absolute atomic E-state index is 12.9. The van der Waals surface area contributed by atoms with E-state index in [1.807, 2.05) is 57.2 Å². The van der Waals surface area contributed by atoms with Gasteiger partial charge in [-0.2, -0.15) is 0 Å². The van der Waals surface area contributed by atoms with Crippen LogP contribution in [0.4, 0.5) is 10.5 Å². The second-order valence-electron chi connectivity index (χ2n) is 10.6. The van der Waals surface area contributed by atoms with E-state index in [4.69, 9.17) is 14.3 Å². The summed E-state index contributed by atoms with van der Waals surface area (Å²) in [7, 11) is 1.63. The molecule has 1 aliphatic rings. The smallest absolute Gasteiger partial charge is 0.435 e. The van der Waals surface area contributed by atoms with Crippen molar-refractivity contribution in [1.29, 1.82) is 0 Å². The number of carbonyl (C=O) groups excluding carboxylic acids is 1. The molecule has 1 atom stereocenters. The van der Waals surface area contributed by atoms with E-state index in [0.717, 1.165) is 57.8 Å². The van der Waals surface area contributed by atoms with Crippen molar-refractivity contribution >= 4 is 39.3 Å². The molecule has 0 aliphatic carbocycles. The average Bonchev–Trinajstić information content (AvgIpc) is 3.30. The van der Waals surface area contributed by atoms with Crippen LogP contribution in [0.1, 0.15) is 49.8 Å². The Hall–Kier alpha value is -4.44. The zero-order valence-electron chi connectivity index (χ0n) is 24.5. The first-order chi connectivity index (χ1) is 20.3. The molecule has 0 radical (unpaired) electrons. The summed E-state index contributed by atoms with van der Waals surface area (Å²) in [5.74, 6) is 0.694. The molecule has 1 amide bonds. The molecule has 1 aromatic heterocycles. The summed E-state index contributed by atoms with van der Waals surface area (Å²) in [5, 5.41) is 17.6. The van der Waals surface area contributed by atoms with Gasteiger partial charge in [-0.1, -0.05) is 11.2 Å². The summed E-state index contributed by atoms with van der Waals surface area (Å²) >= 11 is 0. The van der Waals surface area contributed by atoms with Crippen LogP contribution >= 0.6 is 0 Å². The van der Waals surface area contributed by atoms with E-state index in [0.29, 0.717) is 37.7 Å². The fourth-order valence-corrected chi connectivity index (χ4v) is 5.65. The number of rotatable bonds is 9. The number of likely N-dealkylation sites (tertiary alicyclic amines) is 1. The number of nitro groups is 1. The van der Waals surface area contributed by atoms with Gasteiger partial charge in [0.15, 0.2) is 0 Å². The monoisotopic (exact) mass is 572 g/mol. The lowest BCUT2D eigenvalue weighted by atomic mass is 9.96. The first-order valence-corrected chi connectivity index (χ1v) is 14.3. The number of hydrogen-bond acceptors (Lipinski definition) is 7. The first-order valence-electron chi connectivity index (χ1n) is 14.3. The highest BCUT2D eigenvalue weighted by Gasteiger charge is 2.21. The number of piperidine rings is 1. The van der Waals surface area contributed by atoms with Gasteiger partial charge in [-0.3, -0.25) is 15.0 Å². The second-order valence-corrected chi connectivity index (χ2v) is 10.6. The number of methoxy groups -OCH3 is 1. The summed E-state index contributed by atoms with van der Waals surface area (Å²) < 4.78 is 13.3. The van der Waals surface area contributed by atoms with Gasteiger partial charge >= 0.3 is 6.09 Å². The van der Waals surface area contributed by atoms with E-state index in [1.165, 1.54) is 6.07 Å².